The molecule has 1 amide bonds. The summed E-state index contributed by atoms with van der Waals surface area (Å²) in [7, 11) is 0. The molecule has 0 bridgehead atoms. The van der Waals surface area contributed by atoms with Crippen LogP contribution in [-0.2, 0) is 4.74 Å². The van der Waals surface area contributed by atoms with Crippen molar-refractivity contribution in [3.8, 4) is 5.75 Å². The predicted octanol–water partition coefficient (Wildman–Crippen LogP) is 6.08. The number of likely N-dealkylation sites (tertiary alicyclic amines) is 1. The minimum atomic E-state index is -1.64. The second-order valence-corrected chi connectivity index (χ2v) is 9.49. The molecule has 28 heavy (non-hydrogen) atoms. The van der Waals surface area contributed by atoms with E-state index in [0.717, 1.165) is 5.56 Å². The number of carbonyl (C=O) groups is 1. The van der Waals surface area contributed by atoms with Crippen LogP contribution in [0.1, 0.15) is 17.9 Å². The summed E-state index contributed by atoms with van der Waals surface area (Å²) in [4.78, 5) is 14.0. The molecule has 1 fully saturated rings. The zero-order valence-electron chi connectivity index (χ0n) is 14.9. The summed E-state index contributed by atoms with van der Waals surface area (Å²) in [5.74, 6) is 0.667. The van der Waals surface area contributed by atoms with Crippen molar-refractivity contribution >= 4 is 52.5 Å². The molecule has 3 rings (SSSR count). The number of halogens is 4. The molecule has 0 saturated carbocycles. The maximum absolute atomic E-state index is 12.4. The lowest BCUT2D eigenvalue weighted by Crippen LogP contribution is -2.47. The molecule has 0 aliphatic carbocycles. The first-order valence-electron chi connectivity index (χ1n) is 8.77. The van der Waals surface area contributed by atoms with Crippen LogP contribution in [0.15, 0.2) is 54.6 Å². The Bertz CT molecular complexity index is 798. The molecule has 1 heterocycles. The van der Waals surface area contributed by atoms with Crippen molar-refractivity contribution in [1.29, 1.82) is 0 Å². The molecule has 0 aromatic heterocycles. The minimum Gasteiger partial charge on any atom is -0.490 e. The number of nitrogens with zero attached hydrogens (tertiary/aromatic N) is 1. The monoisotopic (exact) mass is 461 g/mol. The van der Waals surface area contributed by atoms with Crippen LogP contribution in [0.3, 0.4) is 0 Å². The van der Waals surface area contributed by atoms with Crippen molar-refractivity contribution in [2.75, 3.05) is 19.7 Å². The number of hydrogen-bond acceptors (Lipinski definition) is 3. The molecule has 2 aromatic rings. The fraction of sp³-hybridized carbons (Fsp3) is 0.350. The Morgan fingerprint density at radius 2 is 1.86 bits per heavy atom. The Kier molecular flexibility index (Phi) is 7.21. The number of hydrogen-bond donors (Lipinski definition) is 0. The summed E-state index contributed by atoms with van der Waals surface area (Å²) in [6.07, 6.45) is 0.0149. The molecule has 2 aromatic carbocycles. The number of alkyl halides is 3. The van der Waals surface area contributed by atoms with E-state index >= 15 is 0 Å². The molecule has 0 N–H and O–H groups in total. The first-order valence-corrected chi connectivity index (χ1v) is 10.3. The summed E-state index contributed by atoms with van der Waals surface area (Å²) in [6.45, 7) is 0.618. The Morgan fingerprint density at radius 3 is 2.54 bits per heavy atom. The van der Waals surface area contributed by atoms with Gasteiger partial charge in [0.15, 0.2) is 0 Å². The lowest BCUT2D eigenvalue weighted by molar-refractivity contribution is 0.0560. The van der Waals surface area contributed by atoms with Crippen molar-refractivity contribution in [2.45, 2.75) is 22.2 Å². The zero-order chi connectivity index (χ0) is 20.1. The predicted molar refractivity (Wildman–Crippen MR) is 113 cm³/mol. The lowest BCUT2D eigenvalue weighted by Gasteiger charge is -2.38. The van der Waals surface area contributed by atoms with Gasteiger partial charge in [-0.15, -0.1) is 0 Å². The van der Waals surface area contributed by atoms with Gasteiger partial charge in [0.2, 0.25) is 3.79 Å². The number of piperidine rings is 1. The number of benzene rings is 2. The molecule has 8 heteroatoms. The van der Waals surface area contributed by atoms with Crippen molar-refractivity contribution < 1.29 is 14.3 Å². The van der Waals surface area contributed by atoms with E-state index in [1.165, 1.54) is 0 Å². The van der Waals surface area contributed by atoms with Crippen LogP contribution in [0.25, 0.3) is 0 Å². The fourth-order valence-electron chi connectivity index (χ4n) is 3.21. The van der Waals surface area contributed by atoms with Crippen molar-refractivity contribution in [2.24, 2.45) is 0 Å². The molecule has 0 radical (unpaired) electrons. The van der Waals surface area contributed by atoms with Gasteiger partial charge in [0, 0.05) is 30.5 Å². The van der Waals surface area contributed by atoms with Crippen LogP contribution < -0.4 is 4.74 Å². The second kappa shape index (κ2) is 9.45. The lowest BCUT2D eigenvalue weighted by atomic mass is 9.88. The third-order valence-electron chi connectivity index (χ3n) is 4.48. The van der Waals surface area contributed by atoms with E-state index < -0.39 is 9.89 Å². The average Bonchev–Trinajstić information content (AvgIpc) is 2.66. The number of carbonyl (C=O) groups excluding carboxylic acids is 1. The normalized spacial score (nSPS) is 19.9. The van der Waals surface area contributed by atoms with E-state index in [-0.39, 0.29) is 18.6 Å². The van der Waals surface area contributed by atoms with Gasteiger partial charge in [-0.05, 0) is 23.8 Å². The summed E-state index contributed by atoms with van der Waals surface area (Å²) >= 11 is 23.1. The highest BCUT2D eigenvalue weighted by molar-refractivity contribution is 6.67. The molecule has 1 aliphatic rings. The Hall–Kier alpha value is -1.33. The zero-order valence-corrected chi connectivity index (χ0v) is 17.9. The Morgan fingerprint density at radius 1 is 1.11 bits per heavy atom. The maximum atomic E-state index is 12.4. The summed E-state index contributed by atoms with van der Waals surface area (Å²) in [5, 5.41) is 0.612. The maximum Gasteiger partial charge on any atom is 0.409 e. The van der Waals surface area contributed by atoms with E-state index in [0.29, 0.717) is 30.3 Å². The van der Waals surface area contributed by atoms with Crippen molar-refractivity contribution in [1.82, 2.24) is 4.90 Å². The highest BCUT2D eigenvalue weighted by atomic mass is 35.6. The smallest absolute Gasteiger partial charge is 0.409 e. The number of ether oxygens (including phenoxy) is 2. The molecular formula is C20H19Cl4NO3. The van der Waals surface area contributed by atoms with Gasteiger partial charge in [0.05, 0.1) is 0 Å². The van der Waals surface area contributed by atoms with Crippen LogP contribution in [0.5, 0.6) is 5.75 Å². The van der Waals surface area contributed by atoms with Gasteiger partial charge in [-0.2, -0.15) is 0 Å². The first kappa shape index (κ1) is 21.4. The molecule has 1 aliphatic heterocycles. The van der Waals surface area contributed by atoms with E-state index in [1.54, 1.807) is 17.0 Å². The van der Waals surface area contributed by atoms with Gasteiger partial charge in [-0.1, -0.05) is 82.8 Å². The summed E-state index contributed by atoms with van der Waals surface area (Å²) in [5.41, 5.74) is 1.08. The summed E-state index contributed by atoms with van der Waals surface area (Å²) < 4.78 is 9.71. The van der Waals surface area contributed by atoms with Crippen LogP contribution in [0.2, 0.25) is 5.02 Å². The molecular weight excluding hydrogens is 444 g/mol. The summed E-state index contributed by atoms with van der Waals surface area (Å²) in [6, 6.07) is 17.2. The Labute approximate surface area is 184 Å². The van der Waals surface area contributed by atoms with Gasteiger partial charge in [0.25, 0.3) is 0 Å². The number of rotatable bonds is 4. The van der Waals surface area contributed by atoms with Crippen molar-refractivity contribution in [3.05, 3.63) is 65.2 Å². The van der Waals surface area contributed by atoms with Crippen LogP contribution in [-0.4, -0.2) is 40.6 Å². The molecule has 2 atom stereocenters. The van der Waals surface area contributed by atoms with Crippen LogP contribution >= 0.6 is 46.4 Å². The van der Waals surface area contributed by atoms with Gasteiger partial charge >= 0.3 is 6.09 Å². The van der Waals surface area contributed by atoms with Gasteiger partial charge < -0.3 is 14.4 Å². The van der Waals surface area contributed by atoms with E-state index in [4.69, 9.17) is 55.9 Å². The highest BCUT2D eigenvalue weighted by Gasteiger charge is 2.35. The topological polar surface area (TPSA) is 38.8 Å². The SMILES string of the molecule is O=C(OCC(Cl)(Cl)Cl)N1CC[C@@H](Oc2cccc(Cl)c2)[C@@H](c2ccccc2)C1. The highest BCUT2D eigenvalue weighted by Crippen LogP contribution is 2.32. The van der Waals surface area contributed by atoms with Crippen LogP contribution in [0.4, 0.5) is 4.79 Å². The number of amides is 1. The largest absolute Gasteiger partial charge is 0.490 e. The van der Waals surface area contributed by atoms with Crippen molar-refractivity contribution in [3.63, 3.8) is 0 Å². The van der Waals surface area contributed by atoms with E-state index in [1.807, 2.05) is 42.5 Å². The van der Waals surface area contributed by atoms with Gasteiger partial charge in [-0.25, -0.2) is 4.79 Å². The fourth-order valence-corrected chi connectivity index (χ4v) is 3.55. The van der Waals surface area contributed by atoms with E-state index in [2.05, 4.69) is 0 Å². The third-order valence-corrected chi connectivity index (χ3v) is 5.04. The van der Waals surface area contributed by atoms with E-state index in [9.17, 15) is 4.79 Å². The molecule has 0 spiro atoms. The first-order chi connectivity index (χ1) is 13.3. The molecule has 4 nitrogen and oxygen atoms in total. The second-order valence-electron chi connectivity index (χ2n) is 6.54. The Balaban J connectivity index is 1.74. The average molecular weight is 463 g/mol. The van der Waals surface area contributed by atoms with Gasteiger partial charge in [0.1, 0.15) is 18.5 Å². The van der Waals surface area contributed by atoms with Crippen LogP contribution in [0, 0.1) is 0 Å². The third kappa shape index (κ3) is 6.08. The standard InChI is InChI=1S/C20H19Cl4NO3/c21-15-7-4-8-16(11-15)28-18-9-10-25(19(26)27-13-20(22,23)24)12-17(18)14-5-2-1-3-6-14/h1-8,11,17-18H,9-10,12-13H2/t17-,18-/m1/s1. The van der Waals surface area contributed by atoms with Gasteiger partial charge in [-0.3, -0.25) is 0 Å². The molecule has 150 valence electrons. The minimum absolute atomic E-state index is 0.0331. The quantitative estimate of drug-likeness (QED) is 0.516. The molecule has 0 unspecified atom stereocenters. The molecule has 1 saturated heterocycles.